The van der Waals surface area contributed by atoms with Gasteiger partial charge in [0.1, 0.15) is 28.7 Å². The van der Waals surface area contributed by atoms with Crippen molar-refractivity contribution in [3.63, 3.8) is 0 Å². The van der Waals surface area contributed by atoms with Crippen LogP contribution in [0.4, 0.5) is 0 Å². The number of aromatic nitrogens is 4. The normalized spacial score (nSPS) is 13.9. The highest BCUT2D eigenvalue weighted by Gasteiger charge is 2.28. The molecule has 0 bridgehead atoms. The number of pyridine rings is 1. The number of benzene rings is 8. The number of hydrogen-bond donors (Lipinski definition) is 0. The van der Waals surface area contributed by atoms with E-state index in [9.17, 15) is 0 Å². The van der Waals surface area contributed by atoms with Gasteiger partial charge in [-0.25, -0.2) is 4.98 Å². The third-order valence-electron chi connectivity index (χ3n) is 15.7. The van der Waals surface area contributed by atoms with Crippen LogP contribution >= 0.6 is 0 Å². The molecule has 0 saturated heterocycles. The van der Waals surface area contributed by atoms with Gasteiger partial charge in [0, 0.05) is 49.9 Å². The molecule has 12 rings (SSSR count). The first kappa shape index (κ1) is 45.4. The molecule has 3 aromatic heterocycles. The predicted octanol–water partition coefficient (Wildman–Crippen LogP) is 18.3. The Morgan fingerprint density at radius 3 is 1.84 bits per heavy atom. The Bertz CT molecular complexity index is 4110. The largest absolute Gasteiger partial charge is 0.457 e. The number of nitrogens with zero attached hydrogens (tertiary/aromatic N) is 4. The van der Waals surface area contributed by atoms with E-state index in [2.05, 4.69) is 228 Å². The van der Waals surface area contributed by atoms with Crippen molar-refractivity contribution in [1.29, 1.82) is 0 Å². The van der Waals surface area contributed by atoms with Crippen LogP contribution in [0.15, 0.2) is 188 Å². The topological polar surface area (TPSA) is 35.9 Å². The summed E-state index contributed by atoms with van der Waals surface area (Å²) in [6.07, 6.45) is 8.33. The second-order valence-corrected chi connectivity index (χ2v) is 24.1. The van der Waals surface area contributed by atoms with E-state index in [-0.39, 0.29) is 21.8 Å². The molecule has 1 aliphatic rings. The molecule has 0 N–H and O–H groups in total. The lowest BCUT2D eigenvalue weighted by molar-refractivity contribution is -0.566. The van der Waals surface area contributed by atoms with Crippen LogP contribution in [-0.2, 0) is 29.1 Å². The van der Waals surface area contributed by atoms with Gasteiger partial charge in [-0.1, -0.05) is 172 Å². The van der Waals surface area contributed by atoms with E-state index < -0.39 is 6.85 Å². The van der Waals surface area contributed by atoms with Crippen LogP contribution in [0, 0.1) is 6.85 Å². The molecule has 0 saturated carbocycles. The first-order chi connectivity index (χ1) is 37.7. The fourth-order valence-corrected chi connectivity index (χ4v) is 11.3. The van der Waals surface area contributed by atoms with E-state index in [1.54, 1.807) is 12.3 Å². The molecule has 11 aromatic rings. The van der Waals surface area contributed by atoms with E-state index in [0.29, 0.717) is 22.9 Å². The summed E-state index contributed by atoms with van der Waals surface area (Å²) in [7, 11) is 0. The molecule has 1 aliphatic carbocycles. The molecule has 5 heteroatoms. The van der Waals surface area contributed by atoms with Gasteiger partial charge in [0.2, 0.25) is 0 Å². The lowest BCUT2D eigenvalue weighted by Gasteiger charge is -2.26. The van der Waals surface area contributed by atoms with Gasteiger partial charge in [0.05, 0.1) is 11.0 Å². The number of aryl methyl sites for hydroxylation is 3. The fourth-order valence-electron chi connectivity index (χ4n) is 11.3. The monoisotopic (exact) mass is 997 g/mol. The molecule has 5 nitrogen and oxygen atoms in total. The summed E-state index contributed by atoms with van der Waals surface area (Å²) in [5.41, 5.74) is 18.8. The highest BCUT2D eigenvalue weighted by molar-refractivity contribution is 6.10. The van der Waals surface area contributed by atoms with Crippen LogP contribution in [0.5, 0.6) is 11.5 Å². The second-order valence-electron chi connectivity index (χ2n) is 24.1. The van der Waals surface area contributed by atoms with Crippen LogP contribution in [0.1, 0.15) is 113 Å². The van der Waals surface area contributed by atoms with Gasteiger partial charge in [-0.3, -0.25) is 4.57 Å². The van der Waals surface area contributed by atoms with Gasteiger partial charge in [0.15, 0.2) is 11.0 Å². The molecule has 378 valence electrons. The number of fused-ring (bicyclic) bond motifs is 5. The molecule has 8 aromatic carbocycles. The van der Waals surface area contributed by atoms with Crippen LogP contribution in [0.25, 0.3) is 83.4 Å². The lowest BCUT2D eigenvalue weighted by atomic mass is 9.78. The number of hydrogen-bond acceptors (Lipinski definition) is 2. The third-order valence-corrected chi connectivity index (χ3v) is 15.7. The van der Waals surface area contributed by atoms with E-state index in [0.717, 1.165) is 85.7 Å². The lowest BCUT2D eigenvalue weighted by Crippen LogP contribution is -2.31. The summed E-state index contributed by atoms with van der Waals surface area (Å²) in [6.45, 7) is 17.9. The Morgan fingerprint density at radius 1 is 0.500 bits per heavy atom. The van der Waals surface area contributed by atoms with Crippen molar-refractivity contribution in [1.82, 2.24) is 14.1 Å². The molecule has 76 heavy (non-hydrogen) atoms. The number of imidazole rings is 1. The van der Waals surface area contributed by atoms with Crippen molar-refractivity contribution in [3.05, 3.63) is 222 Å². The first-order valence-electron chi connectivity index (χ1n) is 28.5. The summed E-state index contributed by atoms with van der Waals surface area (Å²) >= 11 is 0. The van der Waals surface area contributed by atoms with E-state index in [1.807, 2.05) is 24.3 Å². The van der Waals surface area contributed by atoms with Gasteiger partial charge < -0.3 is 4.74 Å². The summed E-state index contributed by atoms with van der Waals surface area (Å²) in [4.78, 5) is 5.10. The minimum Gasteiger partial charge on any atom is -0.457 e. The van der Waals surface area contributed by atoms with Crippen molar-refractivity contribution < 1.29 is 13.4 Å². The van der Waals surface area contributed by atoms with Crippen molar-refractivity contribution in [3.8, 4) is 62.1 Å². The maximum atomic E-state index is 8.82. The maximum absolute atomic E-state index is 8.82. The highest BCUT2D eigenvalue weighted by atomic mass is 16.5. The molecular weight excluding hydrogens is 925 g/mol. The summed E-state index contributed by atoms with van der Waals surface area (Å²) in [5.74, 6) is 1.89. The molecule has 0 atom stereocenters. The second kappa shape index (κ2) is 18.7. The van der Waals surface area contributed by atoms with Gasteiger partial charge in [-0.2, -0.15) is 9.13 Å². The van der Waals surface area contributed by atoms with Gasteiger partial charge in [-0.05, 0) is 153 Å². The smallest absolute Gasteiger partial charge is 0.255 e. The van der Waals surface area contributed by atoms with Crippen LogP contribution < -0.4 is 9.30 Å². The minimum absolute atomic E-state index is 0.0336. The average molecular weight is 997 g/mol. The standard InChI is InChI=1S/C71H69N4O/c1-46-36-67(72-44-62(46)48-30-32-52(33-31-48)69(2,3)4)75-65-40-50-23-15-14-22-49(50)39-61(65)60-35-34-57(43-66(60)75)76-56-25-18-24-55(42-56)73-45-74(64-29-17-16-28-63(64)73)68-58(47-20-12-11-13-21-47)26-19-27-59(68)51-37-53(70(5,6)7)41-54(38-51)71(8,9)10/h11-13,16-21,24-45H,14-15,22-23H2,1-10H3/q+1/i1D3. The number of ether oxygens (including phenoxy) is 1. The molecule has 0 spiro atoms. The first-order valence-corrected chi connectivity index (χ1v) is 27.0. The molecular formula is C71H69N4O+. The summed E-state index contributed by atoms with van der Waals surface area (Å²) < 4.78 is 40.1. The zero-order chi connectivity index (χ0) is 55.2. The summed E-state index contributed by atoms with van der Waals surface area (Å²) in [6, 6.07) is 62.5. The Morgan fingerprint density at radius 2 is 1.13 bits per heavy atom. The molecule has 0 fully saturated rings. The van der Waals surface area contributed by atoms with Crippen LogP contribution in [0.2, 0.25) is 0 Å². The fraction of sp³-hybridized carbons (Fsp3) is 0.239. The molecule has 0 aliphatic heterocycles. The highest BCUT2D eigenvalue weighted by Crippen LogP contribution is 2.42. The van der Waals surface area contributed by atoms with Crippen LogP contribution in [-0.4, -0.2) is 14.1 Å². The van der Waals surface area contributed by atoms with Crippen molar-refractivity contribution in [2.45, 2.75) is 111 Å². The van der Waals surface area contributed by atoms with Crippen molar-refractivity contribution in [2.24, 2.45) is 0 Å². The molecule has 3 heterocycles. The Kier molecular flexibility index (Phi) is 11.1. The average Bonchev–Trinajstić information content (AvgIpc) is 4.22. The molecule has 0 amide bonds. The van der Waals surface area contributed by atoms with E-state index in [4.69, 9.17) is 13.8 Å². The predicted molar refractivity (Wildman–Crippen MR) is 317 cm³/mol. The number of rotatable bonds is 8. The quantitative estimate of drug-likeness (QED) is 0.142. The van der Waals surface area contributed by atoms with Gasteiger partial charge in [-0.15, -0.1) is 0 Å². The van der Waals surface area contributed by atoms with Crippen LogP contribution in [0.3, 0.4) is 0 Å². The SMILES string of the molecule is [2H]C([2H])([2H])c1cc(-n2c3cc(Oc4cccc(-n5c[n+](-c6c(-c7ccccc7)cccc6-c6cc(C(C)(C)C)cc(C(C)(C)C)c6)c6ccccc65)c4)ccc3c3cc4c(cc32)CCCC4)ncc1-c1ccc(C(C)(C)C)cc1. The minimum atomic E-state index is -2.39. The molecule has 0 radical (unpaired) electrons. The zero-order valence-corrected chi connectivity index (χ0v) is 45.4. The summed E-state index contributed by atoms with van der Waals surface area (Å²) in [5, 5.41) is 2.17. The van der Waals surface area contributed by atoms with E-state index >= 15 is 0 Å². The third kappa shape index (κ3) is 9.00. The number of para-hydroxylation sites is 3. The molecule has 0 unspecified atom stereocenters. The Balaban J connectivity index is 0.978. The zero-order valence-electron chi connectivity index (χ0n) is 48.4. The maximum Gasteiger partial charge on any atom is 0.255 e. The van der Waals surface area contributed by atoms with Gasteiger partial charge in [0.25, 0.3) is 6.33 Å². The Hall–Kier alpha value is -8.02. The van der Waals surface area contributed by atoms with E-state index in [1.165, 1.54) is 39.8 Å². The van der Waals surface area contributed by atoms with Crippen molar-refractivity contribution in [2.75, 3.05) is 0 Å². The van der Waals surface area contributed by atoms with Gasteiger partial charge >= 0.3 is 0 Å². The van der Waals surface area contributed by atoms with Crippen molar-refractivity contribution >= 4 is 32.8 Å². The Labute approximate surface area is 453 Å².